The van der Waals surface area contributed by atoms with Crippen LogP contribution in [0.25, 0.3) is 0 Å². The highest BCUT2D eigenvalue weighted by Gasteiger charge is 2.50. The first-order valence-corrected chi connectivity index (χ1v) is 17.0. The highest BCUT2D eigenvalue weighted by atomic mass is 19.1. The first-order chi connectivity index (χ1) is 20.6. The van der Waals surface area contributed by atoms with Crippen molar-refractivity contribution in [3.8, 4) is 6.07 Å². The van der Waals surface area contributed by atoms with Crippen LogP contribution in [-0.4, -0.2) is 51.2 Å². The maximum atomic E-state index is 14.6. The van der Waals surface area contributed by atoms with Crippen molar-refractivity contribution in [3.05, 3.63) is 45.9 Å². The van der Waals surface area contributed by atoms with Crippen LogP contribution in [0.4, 0.5) is 15.9 Å². The van der Waals surface area contributed by atoms with Crippen molar-refractivity contribution in [1.29, 1.82) is 5.26 Å². The van der Waals surface area contributed by atoms with Gasteiger partial charge in [-0.1, -0.05) is 19.9 Å². The van der Waals surface area contributed by atoms with Crippen LogP contribution in [0.3, 0.4) is 0 Å². The Hall–Kier alpha value is -2.72. The van der Waals surface area contributed by atoms with E-state index in [9.17, 15) is 9.65 Å². The number of halogens is 1. The molecule has 4 heterocycles. The molecule has 2 aromatic rings. The summed E-state index contributed by atoms with van der Waals surface area (Å²) in [5, 5.41) is 10.3. The van der Waals surface area contributed by atoms with E-state index in [2.05, 4.69) is 49.6 Å². The third-order valence-electron chi connectivity index (χ3n) is 12.3. The number of hydrogen-bond donors (Lipinski definition) is 1. The monoisotopic (exact) mass is 584 g/mol. The molecule has 2 N–H and O–H groups in total. The van der Waals surface area contributed by atoms with E-state index in [1.807, 2.05) is 6.07 Å². The molecule has 5 aliphatic rings. The summed E-state index contributed by atoms with van der Waals surface area (Å²) in [7, 11) is 0. The molecule has 0 saturated carbocycles. The number of nitrogen functional groups attached to an aromatic ring is 1. The normalized spacial score (nSPS) is 32.7. The Balaban J connectivity index is 1.31. The van der Waals surface area contributed by atoms with E-state index in [4.69, 9.17) is 15.7 Å². The zero-order chi connectivity index (χ0) is 30.1. The molecular formula is C36H49FN6. The van der Waals surface area contributed by atoms with Gasteiger partial charge in [0.05, 0.1) is 11.3 Å². The molecule has 0 bridgehead atoms. The van der Waals surface area contributed by atoms with Crippen molar-refractivity contribution in [2.24, 2.45) is 0 Å². The minimum atomic E-state index is -0.715. The van der Waals surface area contributed by atoms with Gasteiger partial charge in [0.1, 0.15) is 23.9 Å². The molecule has 0 radical (unpaired) electrons. The summed E-state index contributed by atoms with van der Waals surface area (Å²) in [5.41, 5.74) is 12.7. The number of anilines is 2. The van der Waals surface area contributed by atoms with E-state index in [1.54, 1.807) is 0 Å². The summed E-state index contributed by atoms with van der Waals surface area (Å²) in [6, 6.07) is 7.16. The van der Waals surface area contributed by atoms with Gasteiger partial charge in [-0.25, -0.2) is 14.4 Å². The Bertz CT molecular complexity index is 1460. The number of rotatable bonds is 6. The van der Waals surface area contributed by atoms with Crippen molar-refractivity contribution in [2.45, 2.75) is 146 Å². The molecule has 2 aliphatic carbocycles. The van der Waals surface area contributed by atoms with Crippen LogP contribution < -0.4 is 10.6 Å². The van der Waals surface area contributed by atoms with Crippen molar-refractivity contribution < 1.29 is 4.39 Å². The van der Waals surface area contributed by atoms with E-state index in [-0.39, 0.29) is 16.5 Å². The van der Waals surface area contributed by atoms with Crippen molar-refractivity contribution in [1.82, 2.24) is 14.9 Å². The smallest absolute Gasteiger partial charge is 0.136 e. The second-order valence-electron chi connectivity index (χ2n) is 15.1. The molecule has 43 heavy (non-hydrogen) atoms. The first-order valence-electron chi connectivity index (χ1n) is 17.0. The molecule has 3 saturated heterocycles. The van der Waals surface area contributed by atoms with Gasteiger partial charge < -0.3 is 10.6 Å². The summed E-state index contributed by atoms with van der Waals surface area (Å²) in [4.78, 5) is 15.8. The lowest BCUT2D eigenvalue weighted by Crippen LogP contribution is -2.63. The van der Waals surface area contributed by atoms with Crippen LogP contribution in [0.5, 0.6) is 0 Å². The second kappa shape index (κ2) is 10.4. The summed E-state index contributed by atoms with van der Waals surface area (Å²) in [5.74, 6) is 2.53. The molecule has 0 amide bonds. The number of aryl methyl sites for hydroxylation is 1. The van der Waals surface area contributed by atoms with Gasteiger partial charge in [-0.05, 0) is 121 Å². The lowest BCUT2D eigenvalue weighted by molar-refractivity contribution is 0.181. The third-order valence-corrected chi connectivity index (χ3v) is 12.3. The van der Waals surface area contributed by atoms with Crippen molar-refractivity contribution in [2.75, 3.05) is 23.7 Å². The van der Waals surface area contributed by atoms with E-state index >= 15 is 0 Å². The zero-order valence-electron chi connectivity index (χ0n) is 26.7. The highest BCUT2D eigenvalue weighted by Crippen LogP contribution is 2.54. The first kappa shape index (κ1) is 29.0. The lowest BCUT2D eigenvalue weighted by Gasteiger charge is -2.57. The number of benzene rings is 1. The van der Waals surface area contributed by atoms with E-state index in [0.717, 1.165) is 88.8 Å². The summed E-state index contributed by atoms with van der Waals surface area (Å²) in [6.45, 7) is 10.8. The Kier molecular flexibility index (Phi) is 7.04. The van der Waals surface area contributed by atoms with Gasteiger partial charge in [-0.2, -0.15) is 5.26 Å². The third kappa shape index (κ3) is 4.49. The average molecular weight is 585 g/mol. The molecule has 3 aliphatic heterocycles. The number of alkyl halides is 1. The summed E-state index contributed by atoms with van der Waals surface area (Å²) >= 11 is 0. The molecule has 1 spiro atoms. The molecule has 7 rings (SSSR count). The molecule has 5 unspecified atom stereocenters. The SMILES string of the molecule is CCC1CCC2(CCc3c(nc(CCC45CCCN4CC(F)C5)nc3N3C(CC)CC3(C)C)C2)c2c1ccc(N)c2C#N. The van der Waals surface area contributed by atoms with Gasteiger partial charge in [0, 0.05) is 46.8 Å². The minimum absolute atomic E-state index is 0.0290. The van der Waals surface area contributed by atoms with Crippen LogP contribution in [0.2, 0.25) is 0 Å². The van der Waals surface area contributed by atoms with E-state index < -0.39 is 6.17 Å². The molecule has 1 aromatic carbocycles. The van der Waals surface area contributed by atoms with Gasteiger partial charge >= 0.3 is 0 Å². The molecule has 7 heteroatoms. The van der Waals surface area contributed by atoms with Gasteiger partial charge in [0.2, 0.25) is 0 Å². The fraction of sp³-hybridized carbons (Fsp3) is 0.694. The van der Waals surface area contributed by atoms with E-state index in [1.165, 1.54) is 28.8 Å². The Morgan fingerprint density at radius 2 is 1.95 bits per heavy atom. The molecule has 230 valence electrons. The van der Waals surface area contributed by atoms with E-state index in [0.29, 0.717) is 36.2 Å². The van der Waals surface area contributed by atoms with Crippen molar-refractivity contribution >= 4 is 11.5 Å². The standard InChI is InChI=1S/C36H49FN6/c1-5-23-10-14-35(32-26(23)8-9-29(39)28(32)21-38)15-11-27-30(20-35)40-31(41-33(27)43-25(6-2)19-34(43,3)4)12-16-36-13-7-17-42(36)22-24(37)18-36/h8-9,23-25H,5-7,10-20,22,39H2,1-4H3. The van der Waals surface area contributed by atoms with Crippen LogP contribution in [0.1, 0.15) is 132 Å². The van der Waals surface area contributed by atoms with Crippen LogP contribution in [0, 0.1) is 11.3 Å². The fourth-order valence-corrected chi connectivity index (χ4v) is 10.2. The molecule has 3 fully saturated rings. The maximum absolute atomic E-state index is 14.6. The number of hydrogen-bond acceptors (Lipinski definition) is 6. The Morgan fingerprint density at radius 1 is 1.12 bits per heavy atom. The highest BCUT2D eigenvalue weighted by molar-refractivity contribution is 5.65. The predicted molar refractivity (Wildman–Crippen MR) is 170 cm³/mol. The van der Waals surface area contributed by atoms with Gasteiger partial charge in [-0.3, -0.25) is 4.90 Å². The van der Waals surface area contributed by atoms with Gasteiger partial charge in [0.25, 0.3) is 0 Å². The van der Waals surface area contributed by atoms with Gasteiger partial charge in [-0.15, -0.1) is 0 Å². The fourth-order valence-electron chi connectivity index (χ4n) is 10.2. The molecule has 5 atom stereocenters. The Labute approximate surface area is 257 Å². The predicted octanol–water partition coefficient (Wildman–Crippen LogP) is 6.92. The summed E-state index contributed by atoms with van der Waals surface area (Å²) < 4.78 is 14.6. The molecular weight excluding hydrogens is 535 g/mol. The summed E-state index contributed by atoms with van der Waals surface area (Å²) in [6.07, 6.45) is 12.2. The molecule has 1 aromatic heterocycles. The van der Waals surface area contributed by atoms with Crippen LogP contribution in [0.15, 0.2) is 12.1 Å². The van der Waals surface area contributed by atoms with Crippen LogP contribution in [-0.2, 0) is 24.7 Å². The quantitative estimate of drug-likeness (QED) is 0.371. The largest absolute Gasteiger partial charge is 0.398 e. The number of nitrogens with zero attached hydrogens (tertiary/aromatic N) is 5. The van der Waals surface area contributed by atoms with Gasteiger partial charge in [0.15, 0.2) is 0 Å². The lowest BCUT2D eigenvalue weighted by atomic mass is 9.58. The number of aromatic nitrogens is 2. The minimum Gasteiger partial charge on any atom is -0.398 e. The Morgan fingerprint density at radius 3 is 2.70 bits per heavy atom. The number of nitrogens with two attached hydrogens (primary N) is 1. The van der Waals surface area contributed by atoms with Crippen LogP contribution >= 0.6 is 0 Å². The number of nitriles is 1. The maximum Gasteiger partial charge on any atom is 0.136 e. The zero-order valence-corrected chi connectivity index (χ0v) is 26.7. The second-order valence-corrected chi connectivity index (χ2v) is 15.1. The number of fused-ring (bicyclic) bond motifs is 4. The topological polar surface area (TPSA) is 82.1 Å². The van der Waals surface area contributed by atoms with Crippen molar-refractivity contribution in [3.63, 3.8) is 0 Å². The molecule has 6 nitrogen and oxygen atoms in total. The average Bonchev–Trinajstić information content (AvgIpc) is 3.50.